The zero-order valence-corrected chi connectivity index (χ0v) is 12.0. The SMILES string of the molecule is CCOC(=O)c1cncn(CC(OCC)OCC)c1=O. The topological polar surface area (TPSA) is 79.7 Å². The van der Waals surface area contributed by atoms with Crippen LogP contribution in [-0.2, 0) is 20.8 Å². The third kappa shape index (κ3) is 4.43. The molecule has 1 heterocycles. The summed E-state index contributed by atoms with van der Waals surface area (Å²) in [6.07, 6.45) is 1.99. The van der Waals surface area contributed by atoms with Gasteiger partial charge in [0.1, 0.15) is 5.56 Å². The van der Waals surface area contributed by atoms with Crippen LogP contribution in [0.4, 0.5) is 0 Å². The lowest BCUT2D eigenvalue weighted by Gasteiger charge is -2.17. The van der Waals surface area contributed by atoms with E-state index in [-0.39, 0.29) is 18.7 Å². The van der Waals surface area contributed by atoms with Gasteiger partial charge in [0.25, 0.3) is 5.56 Å². The number of carbonyl (C=O) groups is 1. The van der Waals surface area contributed by atoms with Gasteiger partial charge in [-0.2, -0.15) is 0 Å². The van der Waals surface area contributed by atoms with Crippen LogP contribution < -0.4 is 5.56 Å². The standard InChI is InChI=1S/C13H20N2O5/c1-4-18-11(19-5-2)8-15-9-14-7-10(12(15)16)13(17)20-6-3/h7,9,11H,4-6,8H2,1-3H3. The van der Waals surface area contributed by atoms with Crippen LogP contribution in [0.15, 0.2) is 17.3 Å². The second kappa shape index (κ2) is 8.44. The number of rotatable bonds is 8. The Bertz CT molecular complexity index is 480. The lowest BCUT2D eigenvalue weighted by atomic mass is 10.3. The number of nitrogens with zero attached hydrogens (tertiary/aromatic N) is 2. The van der Waals surface area contributed by atoms with Crippen molar-refractivity contribution in [3.8, 4) is 0 Å². The van der Waals surface area contributed by atoms with Gasteiger partial charge in [-0.25, -0.2) is 9.78 Å². The third-order valence-electron chi connectivity index (χ3n) is 2.45. The fourth-order valence-electron chi connectivity index (χ4n) is 1.62. The molecule has 0 N–H and O–H groups in total. The number of hydrogen-bond donors (Lipinski definition) is 0. The van der Waals surface area contributed by atoms with Crippen LogP contribution in [-0.4, -0.2) is 41.6 Å². The molecule has 0 spiro atoms. The molecule has 0 unspecified atom stereocenters. The van der Waals surface area contributed by atoms with Gasteiger partial charge in [0, 0.05) is 19.4 Å². The summed E-state index contributed by atoms with van der Waals surface area (Å²) in [4.78, 5) is 27.6. The third-order valence-corrected chi connectivity index (χ3v) is 2.45. The average molecular weight is 284 g/mol. The van der Waals surface area contributed by atoms with Crippen LogP contribution in [0, 0.1) is 0 Å². The van der Waals surface area contributed by atoms with E-state index < -0.39 is 17.8 Å². The fourth-order valence-corrected chi connectivity index (χ4v) is 1.62. The van der Waals surface area contributed by atoms with Crippen LogP contribution in [0.1, 0.15) is 31.1 Å². The Morgan fingerprint density at radius 3 is 2.45 bits per heavy atom. The first-order valence-electron chi connectivity index (χ1n) is 6.58. The summed E-state index contributed by atoms with van der Waals surface area (Å²) >= 11 is 0. The Kier molecular flexibility index (Phi) is 6.89. The minimum Gasteiger partial charge on any atom is -0.462 e. The zero-order chi connectivity index (χ0) is 15.0. The van der Waals surface area contributed by atoms with Crippen LogP contribution >= 0.6 is 0 Å². The first kappa shape index (κ1) is 16.3. The summed E-state index contributed by atoms with van der Waals surface area (Å²) in [5.74, 6) is -0.677. The highest BCUT2D eigenvalue weighted by Gasteiger charge is 2.16. The van der Waals surface area contributed by atoms with Gasteiger partial charge in [0.15, 0.2) is 6.29 Å². The number of ether oxygens (including phenoxy) is 3. The summed E-state index contributed by atoms with van der Waals surface area (Å²) in [6.45, 7) is 6.64. The van der Waals surface area contributed by atoms with Crippen molar-refractivity contribution < 1.29 is 19.0 Å². The van der Waals surface area contributed by atoms with E-state index in [1.165, 1.54) is 17.1 Å². The van der Waals surface area contributed by atoms with Crippen molar-refractivity contribution in [3.63, 3.8) is 0 Å². The van der Waals surface area contributed by atoms with E-state index in [0.29, 0.717) is 13.2 Å². The maximum Gasteiger partial charge on any atom is 0.345 e. The van der Waals surface area contributed by atoms with E-state index in [0.717, 1.165) is 0 Å². The molecule has 7 heteroatoms. The van der Waals surface area contributed by atoms with Crippen molar-refractivity contribution in [1.82, 2.24) is 9.55 Å². The lowest BCUT2D eigenvalue weighted by molar-refractivity contribution is -0.144. The number of esters is 1. The molecular formula is C13H20N2O5. The highest BCUT2D eigenvalue weighted by atomic mass is 16.7. The molecule has 112 valence electrons. The van der Waals surface area contributed by atoms with Gasteiger partial charge in [-0.05, 0) is 20.8 Å². The second-order valence-corrected chi connectivity index (χ2v) is 3.83. The van der Waals surface area contributed by atoms with Crippen LogP contribution in [0.3, 0.4) is 0 Å². The molecule has 0 amide bonds. The van der Waals surface area contributed by atoms with E-state index in [1.807, 2.05) is 13.8 Å². The van der Waals surface area contributed by atoms with Crippen molar-refractivity contribution >= 4 is 5.97 Å². The molecule has 0 aromatic carbocycles. The largest absolute Gasteiger partial charge is 0.462 e. The first-order chi connectivity index (χ1) is 9.63. The maximum atomic E-state index is 12.1. The molecular weight excluding hydrogens is 264 g/mol. The molecule has 20 heavy (non-hydrogen) atoms. The molecule has 0 aliphatic carbocycles. The minimum atomic E-state index is -0.677. The van der Waals surface area contributed by atoms with E-state index >= 15 is 0 Å². The van der Waals surface area contributed by atoms with Crippen molar-refractivity contribution in [2.75, 3.05) is 19.8 Å². The fraction of sp³-hybridized carbons (Fsp3) is 0.615. The van der Waals surface area contributed by atoms with Gasteiger partial charge in [-0.15, -0.1) is 0 Å². The molecule has 7 nitrogen and oxygen atoms in total. The Labute approximate surface area is 117 Å². The highest BCUT2D eigenvalue weighted by Crippen LogP contribution is 2.00. The average Bonchev–Trinajstić information content (AvgIpc) is 2.42. The van der Waals surface area contributed by atoms with Gasteiger partial charge in [-0.1, -0.05) is 0 Å². The van der Waals surface area contributed by atoms with Gasteiger partial charge in [0.2, 0.25) is 0 Å². The quantitative estimate of drug-likeness (QED) is 0.519. The van der Waals surface area contributed by atoms with Crippen LogP contribution in [0.25, 0.3) is 0 Å². The molecule has 0 saturated heterocycles. The molecule has 1 aromatic heterocycles. The van der Waals surface area contributed by atoms with E-state index in [9.17, 15) is 9.59 Å². The molecule has 0 fully saturated rings. The Morgan fingerprint density at radius 2 is 1.90 bits per heavy atom. The Morgan fingerprint density at radius 1 is 1.25 bits per heavy atom. The zero-order valence-electron chi connectivity index (χ0n) is 12.0. The van der Waals surface area contributed by atoms with E-state index in [2.05, 4.69) is 4.98 Å². The van der Waals surface area contributed by atoms with Crippen molar-refractivity contribution in [3.05, 3.63) is 28.4 Å². The van der Waals surface area contributed by atoms with Crippen molar-refractivity contribution in [2.24, 2.45) is 0 Å². The molecule has 1 rings (SSSR count). The van der Waals surface area contributed by atoms with E-state index in [4.69, 9.17) is 14.2 Å². The van der Waals surface area contributed by atoms with Crippen LogP contribution in [0.5, 0.6) is 0 Å². The summed E-state index contributed by atoms with van der Waals surface area (Å²) in [7, 11) is 0. The number of hydrogen-bond acceptors (Lipinski definition) is 6. The molecule has 0 radical (unpaired) electrons. The monoisotopic (exact) mass is 284 g/mol. The molecule has 0 aliphatic rings. The van der Waals surface area contributed by atoms with Gasteiger partial charge >= 0.3 is 5.97 Å². The molecule has 1 aromatic rings. The normalized spacial score (nSPS) is 10.8. The maximum absolute atomic E-state index is 12.1. The Balaban J connectivity index is 2.93. The molecule has 0 bridgehead atoms. The van der Waals surface area contributed by atoms with Crippen molar-refractivity contribution in [2.45, 2.75) is 33.6 Å². The molecule has 0 aliphatic heterocycles. The highest BCUT2D eigenvalue weighted by molar-refractivity contribution is 5.88. The summed E-state index contributed by atoms with van der Waals surface area (Å²) in [5, 5.41) is 0. The van der Waals surface area contributed by atoms with Gasteiger partial charge < -0.3 is 14.2 Å². The minimum absolute atomic E-state index is 0.0962. The van der Waals surface area contributed by atoms with Crippen molar-refractivity contribution in [1.29, 1.82) is 0 Å². The molecule has 0 saturated carbocycles. The Hall–Kier alpha value is -1.73. The predicted octanol–water partition coefficient (Wildman–Crippen LogP) is 0.819. The van der Waals surface area contributed by atoms with Gasteiger partial charge in [-0.3, -0.25) is 9.36 Å². The number of aromatic nitrogens is 2. The van der Waals surface area contributed by atoms with E-state index in [1.54, 1.807) is 6.92 Å². The second-order valence-electron chi connectivity index (χ2n) is 3.83. The lowest BCUT2D eigenvalue weighted by Crippen LogP contribution is -2.33. The summed E-state index contributed by atoms with van der Waals surface area (Å²) in [5.41, 5.74) is -0.566. The van der Waals surface area contributed by atoms with Crippen LogP contribution in [0.2, 0.25) is 0 Å². The smallest absolute Gasteiger partial charge is 0.345 e. The first-order valence-corrected chi connectivity index (χ1v) is 6.58. The number of carbonyl (C=O) groups excluding carboxylic acids is 1. The summed E-state index contributed by atoms with van der Waals surface area (Å²) in [6, 6.07) is 0. The predicted molar refractivity (Wildman–Crippen MR) is 71.5 cm³/mol. The molecule has 0 atom stereocenters. The summed E-state index contributed by atoms with van der Waals surface area (Å²) < 4.78 is 16.8. The van der Waals surface area contributed by atoms with Gasteiger partial charge in [0.05, 0.1) is 19.5 Å².